The molecule has 26 heavy (non-hydrogen) atoms. The van der Waals surface area contributed by atoms with Gasteiger partial charge in [-0.3, -0.25) is 9.59 Å². The Morgan fingerprint density at radius 3 is 2.62 bits per heavy atom. The fraction of sp³-hybridized carbons (Fsp3) is 0.238. The number of ether oxygens (including phenoxy) is 1. The van der Waals surface area contributed by atoms with E-state index in [1.54, 1.807) is 36.9 Å². The lowest BCUT2D eigenvalue weighted by molar-refractivity contribution is -0.122. The predicted molar refractivity (Wildman–Crippen MR) is 97.9 cm³/mol. The van der Waals surface area contributed by atoms with Crippen molar-refractivity contribution < 1.29 is 18.7 Å². The molecule has 0 saturated carbocycles. The molecule has 134 valence electrons. The highest BCUT2D eigenvalue weighted by Crippen LogP contribution is 2.37. The zero-order valence-corrected chi connectivity index (χ0v) is 15.0. The van der Waals surface area contributed by atoms with Gasteiger partial charge >= 0.3 is 0 Å². The standard InChI is InChI=1S/C21H20FNO3/c1-13-8-9-15(10-18(13)22)11-23-19-7-5-4-6-16(19)20(26-3)17(12-24)14(2)21(23)25/h4-10,12,14H,11H2,1-3H3. The van der Waals surface area contributed by atoms with Gasteiger partial charge in [-0.15, -0.1) is 0 Å². The van der Waals surface area contributed by atoms with Crippen molar-refractivity contribution >= 4 is 23.6 Å². The van der Waals surface area contributed by atoms with Crippen molar-refractivity contribution in [2.45, 2.75) is 20.4 Å². The van der Waals surface area contributed by atoms with Crippen LogP contribution in [-0.4, -0.2) is 19.3 Å². The molecule has 5 heteroatoms. The number of hydrogen-bond donors (Lipinski definition) is 0. The Kier molecular flexibility index (Phi) is 4.89. The summed E-state index contributed by atoms with van der Waals surface area (Å²) in [6, 6.07) is 12.2. The van der Waals surface area contributed by atoms with Gasteiger partial charge in [-0.2, -0.15) is 0 Å². The molecule has 1 heterocycles. The molecular formula is C21H20FNO3. The maximum atomic E-state index is 13.9. The third-order valence-corrected chi connectivity index (χ3v) is 4.71. The van der Waals surface area contributed by atoms with Crippen LogP contribution >= 0.6 is 0 Å². The molecule has 1 amide bonds. The van der Waals surface area contributed by atoms with Gasteiger partial charge in [0.25, 0.3) is 0 Å². The van der Waals surface area contributed by atoms with Crippen molar-refractivity contribution in [3.8, 4) is 0 Å². The highest BCUT2D eigenvalue weighted by molar-refractivity contribution is 6.07. The van der Waals surface area contributed by atoms with Gasteiger partial charge in [0.15, 0.2) is 6.29 Å². The smallest absolute Gasteiger partial charge is 0.234 e. The molecule has 0 saturated heterocycles. The van der Waals surface area contributed by atoms with E-state index >= 15 is 0 Å². The summed E-state index contributed by atoms with van der Waals surface area (Å²) in [5.41, 5.74) is 2.84. The zero-order chi connectivity index (χ0) is 18.8. The number of benzene rings is 2. The maximum absolute atomic E-state index is 13.9. The first-order chi connectivity index (χ1) is 12.5. The van der Waals surface area contributed by atoms with Crippen LogP contribution in [0.2, 0.25) is 0 Å². The summed E-state index contributed by atoms with van der Waals surface area (Å²) in [4.78, 5) is 26.3. The average molecular weight is 353 g/mol. The Bertz CT molecular complexity index is 904. The zero-order valence-electron chi connectivity index (χ0n) is 15.0. The minimum absolute atomic E-state index is 0.209. The lowest BCUT2D eigenvalue weighted by Gasteiger charge is -2.25. The summed E-state index contributed by atoms with van der Waals surface area (Å²) in [5.74, 6) is -0.804. The molecule has 0 aromatic heterocycles. The molecule has 0 spiro atoms. The van der Waals surface area contributed by atoms with Gasteiger partial charge in [0.2, 0.25) is 5.91 Å². The number of para-hydroxylation sites is 1. The lowest BCUT2D eigenvalue weighted by atomic mass is 9.98. The number of amides is 1. The fourth-order valence-electron chi connectivity index (χ4n) is 3.20. The minimum atomic E-state index is -0.662. The predicted octanol–water partition coefficient (Wildman–Crippen LogP) is 3.87. The monoisotopic (exact) mass is 353 g/mol. The Morgan fingerprint density at radius 2 is 1.96 bits per heavy atom. The highest BCUT2D eigenvalue weighted by Gasteiger charge is 2.33. The molecule has 2 aromatic rings. The SMILES string of the molecule is COC1=C(C=O)C(C)C(=O)N(Cc2ccc(C)c(F)c2)c2ccccc21. The number of fused-ring (bicyclic) bond motifs is 1. The molecule has 1 aliphatic rings. The molecule has 0 fully saturated rings. The van der Waals surface area contributed by atoms with Crippen LogP contribution < -0.4 is 4.90 Å². The van der Waals surface area contributed by atoms with E-state index in [1.807, 2.05) is 18.2 Å². The van der Waals surface area contributed by atoms with Crippen molar-refractivity contribution in [3.05, 3.63) is 70.5 Å². The second-order valence-electron chi connectivity index (χ2n) is 6.35. The summed E-state index contributed by atoms with van der Waals surface area (Å²) in [6.45, 7) is 3.58. The van der Waals surface area contributed by atoms with Crippen LogP contribution in [0.1, 0.15) is 23.6 Å². The first-order valence-electron chi connectivity index (χ1n) is 8.37. The molecule has 1 atom stereocenters. The second-order valence-corrected chi connectivity index (χ2v) is 6.35. The minimum Gasteiger partial charge on any atom is -0.496 e. The van der Waals surface area contributed by atoms with Crippen molar-refractivity contribution in [3.63, 3.8) is 0 Å². The molecule has 1 unspecified atom stereocenters. The molecule has 0 aliphatic carbocycles. The number of halogens is 1. The topological polar surface area (TPSA) is 46.6 Å². The quantitative estimate of drug-likeness (QED) is 0.784. The summed E-state index contributed by atoms with van der Waals surface area (Å²) in [6.07, 6.45) is 0.674. The van der Waals surface area contributed by atoms with Crippen molar-refractivity contribution in [2.75, 3.05) is 12.0 Å². The van der Waals surface area contributed by atoms with E-state index in [-0.39, 0.29) is 18.3 Å². The van der Waals surface area contributed by atoms with Crippen LogP contribution in [0.25, 0.3) is 5.76 Å². The number of methoxy groups -OCH3 is 1. The molecule has 0 bridgehead atoms. The number of hydrogen-bond acceptors (Lipinski definition) is 3. The number of rotatable bonds is 4. The van der Waals surface area contributed by atoms with Crippen LogP contribution in [0.3, 0.4) is 0 Å². The Balaban J connectivity index is 2.13. The molecule has 4 nitrogen and oxygen atoms in total. The Morgan fingerprint density at radius 1 is 1.23 bits per heavy atom. The third-order valence-electron chi connectivity index (χ3n) is 4.71. The maximum Gasteiger partial charge on any atom is 0.234 e. The van der Waals surface area contributed by atoms with Gasteiger partial charge in [0, 0.05) is 11.1 Å². The van der Waals surface area contributed by atoms with Crippen LogP contribution in [0.5, 0.6) is 0 Å². The van der Waals surface area contributed by atoms with Crippen LogP contribution in [0.4, 0.5) is 10.1 Å². The molecule has 3 rings (SSSR count). The average Bonchev–Trinajstić information content (AvgIpc) is 2.73. The van der Waals surface area contributed by atoms with Crippen LogP contribution in [0.15, 0.2) is 48.0 Å². The number of aldehydes is 1. The van der Waals surface area contributed by atoms with E-state index in [9.17, 15) is 14.0 Å². The van der Waals surface area contributed by atoms with E-state index < -0.39 is 5.92 Å². The normalized spacial score (nSPS) is 17.0. The van der Waals surface area contributed by atoms with Crippen molar-refractivity contribution in [1.29, 1.82) is 0 Å². The van der Waals surface area contributed by atoms with E-state index in [0.717, 1.165) is 0 Å². The number of carbonyl (C=O) groups excluding carboxylic acids is 2. The van der Waals surface area contributed by atoms with Gasteiger partial charge < -0.3 is 9.64 Å². The van der Waals surface area contributed by atoms with Gasteiger partial charge in [0.05, 0.1) is 25.3 Å². The second kappa shape index (κ2) is 7.12. The largest absolute Gasteiger partial charge is 0.496 e. The van der Waals surface area contributed by atoms with Crippen molar-refractivity contribution in [2.24, 2.45) is 5.92 Å². The first kappa shape index (κ1) is 17.9. The lowest BCUT2D eigenvalue weighted by Crippen LogP contribution is -2.35. The van der Waals surface area contributed by atoms with E-state index in [2.05, 4.69) is 0 Å². The molecular weight excluding hydrogens is 333 g/mol. The van der Waals surface area contributed by atoms with Crippen LogP contribution in [0, 0.1) is 18.7 Å². The third kappa shape index (κ3) is 3.01. The first-order valence-corrected chi connectivity index (χ1v) is 8.37. The summed E-state index contributed by atoms with van der Waals surface area (Å²) < 4.78 is 19.4. The highest BCUT2D eigenvalue weighted by atomic mass is 19.1. The van der Waals surface area contributed by atoms with E-state index in [0.29, 0.717) is 40.0 Å². The Hall–Kier alpha value is -2.95. The van der Waals surface area contributed by atoms with Crippen molar-refractivity contribution in [1.82, 2.24) is 0 Å². The van der Waals surface area contributed by atoms with E-state index in [1.165, 1.54) is 13.2 Å². The van der Waals surface area contributed by atoms with Gasteiger partial charge in [-0.05, 0) is 43.2 Å². The molecule has 2 aromatic carbocycles. The van der Waals surface area contributed by atoms with Crippen LogP contribution in [-0.2, 0) is 20.9 Å². The summed E-state index contributed by atoms with van der Waals surface area (Å²) in [5, 5.41) is 0. The number of carbonyl (C=O) groups is 2. The van der Waals surface area contributed by atoms with E-state index in [4.69, 9.17) is 4.74 Å². The number of anilines is 1. The van der Waals surface area contributed by atoms with Gasteiger partial charge in [0.1, 0.15) is 11.6 Å². The fourth-order valence-corrected chi connectivity index (χ4v) is 3.20. The molecule has 0 radical (unpaired) electrons. The number of aryl methyl sites for hydroxylation is 1. The van der Waals surface area contributed by atoms with Gasteiger partial charge in [-0.1, -0.05) is 24.3 Å². The molecule has 1 aliphatic heterocycles. The molecule has 0 N–H and O–H groups in total. The Labute approximate surface area is 151 Å². The van der Waals surface area contributed by atoms with Gasteiger partial charge in [-0.25, -0.2) is 4.39 Å². The summed E-state index contributed by atoms with van der Waals surface area (Å²) >= 11 is 0. The number of nitrogens with zero attached hydrogens (tertiary/aromatic N) is 1. The summed E-state index contributed by atoms with van der Waals surface area (Å²) in [7, 11) is 1.48.